The summed E-state index contributed by atoms with van der Waals surface area (Å²) in [5.74, 6) is 0.139. The van der Waals surface area contributed by atoms with Crippen molar-refractivity contribution in [2.75, 3.05) is 6.61 Å². The molecule has 2 saturated heterocycles. The lowest BCUT2D eigenvalue weighted by molar-refractivity contribution is -0.146. The van der Waals surface area contributed by atoms with Crippen LogP contribution in [0, 0.1) is 0 Å². The van der Waals surface area contributed by atoms with Crippen molar-refractivity contribution in [2.45, 2.75) is 69.9 Å². The Kier molecular flexibility index (Phi) is 4.19. The normalized spacial score (nSPS) is 33.6. The third-order valence-electron chi connectivity index (χ3n) is 4.63. The highest BCUT2D eigenvalue weighted by molar-refractivity contribution is 7.84. The van der Waals surface area contributed by atoms with Crippen LogP contribution in [0.5, 0.6) is 0 Å². The van der Waals surface area contributed by atoms with Crippen molar-refractivity contribution in [3.05, 3.63) is 0 Å². The maximum atomic E-state index is 12.7. The molecule has 0 bridgehead atoms. The van der Waals surface area contributed by atoms with Gasteiger partial charge in [0.1, 0.15) is 0 Å². The van der Waals surface area contributed by atoms with Gasteiger partial charge in [-0.25, -0.2) is 0 Å². The number of Topliss-reactive ketones (excluding diaryl/α,β-unsaturated/α-hetero) is 1. The van der Waals surface area contributed by atoms with Crippen molar-refractivity contribution in [2.24, 2.45) is 0 Å². The number of nitrogens with zero attached hydrogens (tertiary/aromatic N) is 1. The molecule has 7 heteroatoms. The topological polar surface area (TPSA) is 63.7 Å². The molecule has 0 spiro atoms. The van der Waals surface area contributed by atoms with Gasteiger partial charge in [0.25, 0.3) is 0 Å². The van der Waals surface area contributed by atoms with E-state index in [1.54, 1.807) is 0 Å². The van der Waals surface area contributed by atoms with Crippen LogP contribution in [0.3, 0.4) is 0 Å². The number of fused-ring (bicyclic) bond motifs is 1. The molecule has 2 heterocycles. The fraction of sp³-hybridized carbons (Fsp3) is 0.923. The van der Waals surface area contributed by atoms with Crippen LogP contribution in [0.4, 0.5) is 0 Å². The summed E-state index contributed by atoms with van der Waals surface area (Å²) in [4.78, 5) is 12.7. The van der Waals surface area contributed by atoms with Crippen LogP contribution in [0.25, 0.3) is 0 Å². The molecule has 0 saturated carbocycles. The summed E-state index contributed by atoms with van der Waals surface area (Å²) in [5, 5.41) is -0.763. The average molecular weight is 319 g/mol. The van der Waals surface area contributed by atoms with E-state index in [4.69, 9.17) is 4.18 Å². The number of rotatable bonds is 5. The Hall–Kier alpha value is -0.243. The van der Waals surface area contributed by atoms with Crippen LogP contribution in [0.15, 0.2) is 0 Å². The van der Waals surface area contributed by atoms with Crippen LogP contribution < -0.4 is 0 Å². The highest BCUT2D eigenvalue weighted by atomic mass is 32.2. The number of ketones is 1. The maximum Gasteiger partial charge on any atom is 0.339 e. The first-order chi connectivity index (χ1) is 9.18. The van der Waals surface area contributed by atoms with Gasteiger partial charge < -0.3 is 0 Å². The molecule has 2 aliphatic rings. The van der Waals surface area contributed by atoms with E-state index in [1.165, 1.54) is 4.31 Å². The lowest BCUT2D eigenvalue weighted by Gasteiger charge is -2.61. The van der Waals surface area contributed by atoms with Crippen LogP contribution in [-0.4, -0.2) is 44.4 Å². The first kappa shape index (κ1) is 16.1. The lowest BCUT2D eigenvalue weighted by Crippen LogP contribution is -2.85. The number of unbranched alkanes of at least 4 members (excludes halogenated alkanes) is 2. The molecule has 5 nitrogen and oxygen atoms in total. The van der Waals surface area contributed by atoms with Gasteiger partial charge in [-0.3, -0.25) is 8.98 Å². The number of carbonyl (C=O) groups is 1. The zero-order chi connectivity index (χ0) is 15.2. The summed E-state index contributed by atoms with van der Waals surface area (Å²) < 4.78 is 30.9. The van der Waals surface area contributed by atoms with E-state index < -0.39 is 29.6 Å². The molecule has 20 heavy (non-hydrogen) atoms. The molecule has 0 amide bonds. The standard InChI is InChI=1S/C13H25NO4SSi/c1-5-6-7-8-11-12(15)13(20(2,3)4)9-10-18-19(16,17)14(11)13/h11H,5-10H2,1-4H3/t11-,13+/m1/s1. The molecule has 0 N–H and O–H groups in total. The smallest absolute Gasteiger partial charge is 0.296 e. The summed E-state index contributed by atoms with van der Waals surface area (Å²) in [6.07, 6.45) is 4.12. The molecular weight excluding hydrogens is 294 g/mol. The third-order valence-corrected chi connectivity index (χ3v) is 9.52. The Morgan fingerprint density at radius 3 is 2.55 bits per heavy atom. The van der Waals surface area contributed by atoms with E-state index in [0.717, 1.165) is 19.3 Å². The van der Waals surface area contributed by atoms with Gasteiger partial charge in [0, 0.05) is 0 Å². The van der Waals surface area contributed by atoms with E-state index >= 15 is 0 Å². The second-order valence-corrected chi connectivity index (χ2v) is 13.6. The number of hydrogen-bond acceptors (Lipinski definition) is 4. The summed E-state index contributed by atoms with van der Waals surface area (Å²) in [5.41, 5.74) is 0. The first-order valence-electron chi connectivity index (χ1n) is 7.41. The van der Waals surface area contributed by atoms with Crippen LogP contribution in [0.2, 0.25) is 19.6 Å². The largest absolute Gasteiger partial charge is 0.339 e. The zero-order valence-corrected chi connectivity index (χ0v) is 14.6. The molecule has 2 atom stereocenters. The molecule has 116 valence electrons. The minimum Gasteiger partial charge on any atom is -0.296 e. The van der Waals surface area contributed by atoms with Crippen molar-refractivity contribution in [1.29, 1.82) is 0 Å². The highest BCUT2D eigenvalue weighted by Gasteiger charge is 2.71. The molecule has 2 aliphatic heterocycles. The van der Waals surface area contributed by atoms with Crippen molar-refractivity contribution >= 4 is 24.2 Å². The number of carbonyl (C=O) groups excluding carboxylic acids is 1. The van der Waals surface area contributed by atoms with Crippen molar-refractivity contribution in [3.63, 3.8) is 0 Å². The van der Waals surface area contributed by atoms with E-state index in [0.29, 0.717) is 12.8 Å². The predicted molar refractivity (Wildman–Crippen MR) is 80.3 cm³/mol. The van der Waals surface area contributed by atoms with Crippen molar-refractivity contribution in [1.82, 2.24) is 4.31 Å². The highest BCUT2D eigenvalue weighted by Crippen LogP contribution is 2.49. The quantitative estimate of drug-likeness (QED) is 0.575. The Morgan fingerprint density at radius 1 is 1.35 bits per heavy atom. The van der Waals surface area contributed by atoms with E-state index in [-0.39, 0.29) is 12.4 Å². The molecule has 0 aromatic rings. The Labute approximate surface area is 122 Å². The van der Waals surface area contributed by atoms with E-state index in [9.17, 15) is 13.2 Å². The Morgan fingerprint density at radius 2 is 2.00 bits per heavy atom. The second-order valence-electron chi connectivity index (χ2n) is 6.81. The van der Waals surface area contributed by atoms with Crippen molar-refractivity contribution in [3.8, 4) is 0 Å². The zero-order valence-electron chi connectivity index (χ0n) is 12.8. The Balaban J connectivity index is 2.31. The molecule has 0 aliphatic carbocycles. The van der Waals surface area contributed by atoms with E-state index in [1.807, 2.05) is 0 Å². The third kappa shape index (κ3) is 2.19. The summed E-state index contributed by atoms with van der Waals surface area (Å²) in [7, 11) is -5.72. The SMILES string of the molecule is CCCCC[C@@H]1C(=O)[C@@]2([Si](C)(C)C)CCOS(=O)(=O)N12. The first-order valence-corrected chi connectivity index (χ1v) is 12.3. The minimum atomic E-state index is -3.74. The Bertz CT molecular complexity index is 499. The van der Waals surface area contributed by atoms with Gasteiger partial charge >= 0.3 is 10.3 Å². The minimum absolute atomic E-state index is 0.135. The van der Waals surface area contributed by atoms with Gasteiger partial charge in [-0.15, -0.1) is 0 Å². The van der Waals surface area contributed by atoms with Gasteiger partial charge in [-0.05, 0) is 12.8 Å². The number of hydrogen-bond donors (Lipinski definition) is 0. The predicted octanol–water partition coefficient (Wildman–Crippen LogP) is 2.10. The fourth-order valence-electron chi connectivity index (χ4n) is 3.53. The molecule has 0 unspecified atom stereocenters. The average Bonchev–Trinajstić information content (AvgIpc) is 2.32. The monoisotopic (exact) mass is 319 g/mol. The fourth-order valence-corrected chi connectivity index (χ4v) is 8.75. The van der Waals surface area contributed by atoms with Crippen LogP contribution in [-0.2, 0) is 19.3 Å². The summed E-state index contributed by atoms with van der Waals surface area (Å²) in [6.45, 7) is 8.44. The second kappa shape index (κ2) is 5.19. The molecule has 2 rings (SSSR count). The van der Waals surface area contributed by atoms with Gasteiger partial charge in [0.15, 0.2) is 5.78 Å². The lowest BCUT2D eigenvalue weighted by atomic mass is 9.87. The van der Waals surface area contributed by atoms with Crippen molar-refractivity contribution < 1.29 is 17.4 Å². The van der Waals surface area contributed by atoms with Crippen LogP contribution in [0.1, 0.15) is 39.0 Å². The molecule has 0 aromatic carbocycles. The van der Waals surface area contributed by atoms with Crippen LogP contribution >= 0.6 is 0 Å². The molecule has 2 fully saturated rings. The van der Waals surface area contributed by atoms with Gasteiger partial charge in [0.05, 0.1) is 25.9 Å². The molecular formula is C13H25NO4SSi. The van der Waals surface area contributed by atoms with Gasteiger partial charge in [-0.2, -0.15) is 12.7 Å². The summed E-state index contributed by atoms with van der Waals surface area (Å²) in [6, 6.07) is -0.487. The summed E-state index contributed by atoms with van der Waals surface area (Å²) >= 11 is 0. The maximum absolute atomic E-state index is 12.7. The van der Waals surface area contributed by atoms with E-state index in [2.05, 4.69) is 26.6 Å². The van der Waals surface area contributed by atoms with Gasteiger partial charge in [0.2, 0.25) is 0 Å². The molecule has 0 radical (unpaired) electrons. The molecule has 0 aromatic heterocycles. The van der Waals surface area contributed by atoms with Gasteiger partial charge in [-0.1, -0.05) is 45.8 Å².